The van der Waals surface area contributed by atoms with Gasteiger partial charge in [-0.25, -0.2) is 0 Å². The van der Waals surface area contributed by atoms with Gasteiger partial charge in [0.25, 0.3) is 0 Å². The lowest BCUT2D eigenvalue weighted by Gasteiger charge is -2.19. The average molecular weight is 873 g/mol. The Bertz CT molecular complexity index is 901. The predicted octanol–water partition coefficient (Wildman–Crippen LogP) is 18.7. The van der Waals surface area contributed by atoms with Crippen LogP contribution in [-0.2, 0) is 4.79 Å². The van der Waals surface area contributed by atoms with E-state index < -0.39 is 12.1 Å². The second-order valence-corrected chi connectivity index (χ2v) is 19.7. The summed E-state index contributed by atoms with van der Waals surface area (Å²) in [5.41, 5.74) is 0. The first-order chi connectivity index (χ1) is 30.7. The van der Waals surface area contributed by atoms with Crippen molar-refractivity contribution < 1.29 is 15.0 Å². The van der Waals surface area contributed by atoms with Gasteiger partial charge in [-0.2, -0.15) is 0 Å². The first-order valence-electron chi connectivity index (χ1n) is 28.6. The molecule has 0 aromatic rings. The Morgan fingerprint density at radius 1 is 0.371 bits per heavy atom. The molecular weight excluding hydrogens is 759 g/mol. The Hall–Kier alpha value is -1.13. The van der Waals surface area contributed by atoms with E-state index in [2.05, 4.69) is 31.3 Å². The fourth-order valence-electron chi connectivity index (χ4n) is 9.08. The molecule has 368 valence electrons. The molecule has 0 aliphatic heterocycles. The molecule has 0 bridgehead atoms. The summed E-state index contributed by atoms with van der Waals surface area (Å²) in [5.74, 6) is -0.0710. The van der Waals surface area contributed by atoms with Gasteiger partial charge in [-0.15, -0.1) is 0 Å². The first-order valence-corrected chi connectivity index (χ1v) is 28.6. The van der Waals surface area contributed by atoms with Crippen molar-refractivity contribution in [2.24, 2.45) is 0 Å². The summed E-state index contributed by atoms with van der Waals surface area (Å²) in [7, 11) is 0. The molecule has 1 amide bonds. The van der Waals surface area contributed by atoms with E-state index in [0.717, 1.165) is 32.1 Å². The van der Waals surface area contributed by atoms with Crippen molar-refractivity contribution in [2.45, 2.75) is 334 Å². The molecule has 2 unspecified atom stereocenters. The van der Waals surface area contributed by atoms with Crippen molar-refractivity contribution in [1.82, 2.24) is 5.32 Å². The number of nitrogens with one attached hydrogen (secondary N) is 1. The van der Waals surface area contributed by atoms with Crippen LogP contribution in [0.5, 0.6) is 0 Å². The summed E-state index contributed by atoms with van der Waals surface area (Å²) in [5, 5.41) is 22.9. The summed E-state index contributed by atoms with van der Waals surface area (Å²) in [6.07, 6.45) is 72.5. The van der Waals surface area contributed by atoms with Crippen molar-refractivity contribution >= 4 is 5.91 Å². The fourth-order valence-corrected chi connectivity index (χ4v) is 9.08. The third-order valence-electron chi connectivity index (χ3n) is 13.4. The van der Waals surface area contributed by atoms with Gasteiger partial charge in [-0.05, 0) is 32.1 Å². The maximum Gasteiger partial charge on any atom is 0.220 e. The van der Waals surface area contributed by atoms with Crippen LogP contribution in [-0.4, -0.2) is 34.9 Å². The number of unbranched alkanes of at least 4 members (excludes halogenated alkanes) is 44. The largest absolute Gasteiger partial charge is 0.394 e. The minimum atomic E-state index is -0.857. The van der Waals surface area contributed by atoms with Crippen LogP contribution in [0, 0.1) is 0 Å². The Morgan fingerprint density at radius 2 is 0.629 bits per heavy atom. The molecule has 0 radical (unpaired) electrons. The maximum atomic E-state index is 12.4. The maximum absolute atomic E-state index is 12.4. The van der Waals surface area contributed by atoms with Crippen LogP contribution in [0.15, 0.2) is 24.3 Å². The van der Waals surface area contributed by atoms with Gasteiger partial charge in [-0.3, -0.25) is 4.79 Å². The third kappa shape index (κ3) is 49.9. The number of aliphatic hydroxyl groups excluding tert-OH is 2. The van der Waals surface area contributed by atoms with Crippen LogP contribution < -0.4 is 5.32 Å². The number of allylic oxidation sites excluding steroid dienone is 3. The number of aliphatic hydroxyl groups is 2. The van der Waals surface area contributed by atoms with Gasteiger partial charge in [-0.1, -0.05) is 308 Å². The van der Waals surface area contributed by atoms with Gasteiger partial charge in [0.05, 0.1) is 18.8 Å². The standard InChI is InChI=1S/C58H113NO3/c1-3-5-7-9-11-13-14-15-16-17-18-19-20-21-22-23-24-25-26-27-28-29-30-31-32-33-34-35-36-37-38-39-40-41-42-43-44-46-48-50-52-54-58(62)59-56(55-60)57(61)53-51-49-47-45-12-10-8-6-4-2/h12,45,51,53,56-57,60-61H,3-11,13-44,46-50,52,54-55H2,1-2H3,(H,59,62)/b45-12+,53-51+. The lowest BCUT2D eigenvalue weighted by Crippen LogP contribution is -2.45. The van der Waals surface area contributed by atoms with Crippen LogP contribution in [0.3, 0.4) is 0 Å². The Morgan fingerprint density at radius 3 is 0.935 bits per heavy atom. The molecule has 0 spiro atoms. The lowest BCUT2D eigenvalue weighted by molar-refractivity contribution is -0.123. The molecule has 0 saturated heterocycles. The quantitative estimate of drug-likeness (QED) is 0.0421. The molecule has 4 nitrogen and oxygen atoms in total. The van der Waals surface area contributed by atoms with Crippen molar-refractivity contribution in [3.8, 4) is 0 Å². The van der Waals surface area contributed by atoms with Gasteiger partial charge in [0.2, 0.25) is 5.91 Å². The second-order valence-electron chi connectivity index (χ2n) is 19.7. The number of amides is 1. The zero-order valence-electron chi connectivity index (χ0n) is 42.4. The summed E-state index contributed by atoms with van der Waals surface area (Å²) in [6, 6.07) is -0.633. The normalized spacial score (nSPS) is 12.9. The number of carbonyl (C=O) groups excluding carboxylic acids is 1. The Balaban J connectivity index is 3.29. The van der Waals surface area contributed by atoms with E-state index >= 15 is 0 Å². The summed E-state index contributed by atoms with van der Waals surface area (Å²) in [4.78, 5) is 12.4. The van der Waals surface area contributed by atoms with Crippen LogP contribution in [0.2, 0.25) is 0 Å². The Kier molecular flexibility index (Phi) is 53.2. The molecule has 0 aromatic heterocycles. The number of hydrogen-bond acceptors (Lipinski definition) is 3. The van der Waals surface area contributed by atoms with E-state index in [1.165, 1.54) is 270 Å². The number of rotatable bonds is 53. The van der Waals surface area contributed by atoms with Gasteiger partial charge >= 0.3 is 0 Å². The van der Waals surface area contributed by atoms with Crippen LogP contribution in [0.4, 0.5) is 0 Å². The third-order valence-corrected chi connectivity index (χ3v) is 13.4. The monoisotopic (exact) mass is 872 g/mol. The minimum absolute atomic E-state index is 0.0710. The minimum Gasteiger partial charge on any atom is -0.394 e. The average Bonchev–Trinajstić information content (AvgIpc) is 3.28. The zero-order chi connectivity index (χ0) is 44.9. The highest BCUT2D eigenvalue weighted by Crippen LogP contribution is 2.18. The van der Waals surface area contributed by atoms with Crippen molar-refractivity contribution in [2.75, 3.05) is 6.61 Å². The molecule has 0 fully saturated rings. The summed E-state index contributed by atoms with van der Waals surface area (Å²) < 4.78 is 0. The molecule has 4 heteroatoms. The molecule has 0 aliphatic carbocycles. The zero-order valence-corrected chi connectivity index (χ0v) is 42.4. The van der Waals surface area contributed by atoms with E-state index in [9.17, 15) is 15.0 Å². The van der Waals surface area contributed by atoms with E-state index in [-0.39, 0.29) is 12.5 Å². The summed E-state index contributed by atoms with van der Waals surface area (Å²) >= 11 is 0. The molecular formula is C58H113NO3. The van der Waals surface area contributed by atoms with E-state index in [0.29, 0.717) is 6.42 Å². The van der Waals surface area contributed by atoms with Gasteiger partial charge < -0.3 is 15.5 Å². The highest BCUT2D eigenvalue weighted by molar-refractivity contribution is 5.76. The van der Waals surface area contributed by atoms with Crippen molar-refractivity contribution in [3.05, 3.63) is 24.3 Å². The van der Waals surface area contributed by atoms with E-state index in [1.807, 2.05) is 6.08 Å². The van der Waals surface area contributed by atoms with Gasteiger partial charge in [0.1, 0.15) is 0 Å². The SMILES string of the molecule is CCCCC/C=C/CC/C=C/C(O)C(CO)NC(=O)CCCCCCCCCCCCCCCCCCCCCCCCCCCCCCCCCCCCCCCCCCC. The van der Waals surface area contributed by atoms with Crippen LogP contribution >= 0.6 is 0 Å². The smallest absolute Gasteiger partial charge is 0.220 e. The van der Waals surface area contributed by atoms with E-state index in [4.69, 9.17) is 0 Å². The van der Waals surface area contributed by atoms with E-state index in [1.54, 1.807) is 6.08 Å². The first kappa shape index (κ1) is 60.9. The van der Waals surface area contributed by atoms with Crippen molar-refractivity contribution in [1.29, 1.82) is 0 Å². The second kappa shape index (κ2) is 54.2. The highest BCUT2D eigenvalue weighted by atomic mass is 16.3. The lowest BCUT2D eigenvalue weighted by atomic mass is 10.0. The Labute approximate surface area is 389 Å². The topological polar surface area (TPSA) is 69.6 Å². The van der Waals surface area contributed by atoms with Crippen molar-refractivity contribution in [3.63, 3.8) is 0 Å². The molecule has 0 aliphatic rings. The molecule has 0 heterocycles. The molecule has 3 N–H and O–H groups in total. The fraction of sp³-hybridized carbons (Fsp3) is 0.914. The molecule has 2 atom stereocenters. The number of hydrogen-bond donors (Lipinski definition) is 3. The molecule has 0 aromatic carbocycles. The molecule has 0 rings (SSSR count). The van der Waals surface area contributed by atoms with Gasteiger partial charge in [0, 0.05) is 6.42 Å². The predicted molar refractivity (Wildman–Crippen MR) is 276 cm³/mol. The number of carbonyl (C=O) groups is 1. The molecule has 0 saturated carbocycles. The van der Waals surface area contributed by atoms with Gasteiger partial charge in [0.15, 0.2) is 0 Å². The highest BCUT2D eigenvalue weighted by Gasteiger charge is 2.18. The van der Waals surface area contributed by atoms with Crippen LogP contribution in [0.1, 0.15) is 322 Å². The van der Waals surface area contributed by atoms with Crippen LogP contribution in [0.25, 0.3) is 0 Å². The summed E-state index contributed by atoms with van der Waals surface area (Å²) in [6.45, 7) is 4.27. The molecule has 62 heavy (non-hydrogen) atoms.